The van der Waals surface area contributed by atoms with E-state index in [1.54, 1.807) is 6.07 Å². The summed E-state index contributed by atoms with van der Waals surface area (Å²) in [5.74, 6) is -0.0329. The predicted molar refractivity (Wildman–Crippen MR) is 303 cm³/mol. The molecule has 0 saturated heterocycles. The maximum absolute atomic E-state index is 15.9. The van der Waals surface area contributed by atoms with Crippen LogP contribution >= 0.6 is 0 Å². The van der Waals surface area contributed by atoms with Crippen LogP contribution in [0, 0.1) is 39.0 Å². The first-order valence-corrected chi connectivity index (χ1v) is 25.6. The summed E-state index contributed by atoms with van der Waals surface area (Å²) >= 11 is 0. The summed E-state index contributed by atoms with van der Waals surface area (Å²) in [6.45, 7) is 8.34. The Morgan fingerprint density at radius 1 is 0.413 bits per heavy atom. The van der Waals surface area contributed by atoms with Crippen LogP contribution in [0.5, 0.6) is 0 Å². The second-order valence-electron chi connectivity index (χ2n) is 20.6. The standard InChI is InChI=1S/C69H50F3N3/c1-41-10-5-14-46(30-41)50-22-26-62-56(34-50)57-35-51(47-15-6-11-42(2)31-47)23-27-63(57)74(62)66-39-60(68-55(45-20-21-45)18-9-19-61(68)69(70,71)72)67(38-54(66)40-73)75-64-28-24-52(48-16-7-12-43(3)32-48)36-58(64)59-37-53(25-29-65(59)75)49-17-8-13-44(4)33-49/h5-19,22-39,45H,20-21H2,1-4H3. The van der Waals surface area contributed by atoms with Gasteiger partial charge in [0.2, 0.25) is 0 Å². The fourth-order valence-corrected chi connectivity index (χ4v) is 11.7. The van der Waals surface area contributed by atoms with Gasteiger partial charge in [-0.25, -0.2) is 0 Å². The van der Waals surface area contributed by atoms with Crippen LogP contribution in [-0.2, 0) is 6.18 Å². The highest BCUT2D eigenvalue weighted by Gasteiger charge is 2.39. The Morgan fingerprint density at radius 3 is 1.12 bits per heavy atom. The molecule has 6 heteroatoms. The van der Waals surface area contributed by atoms with Gasteiger partial charge in [0.1, 0.15) is 6.07 Å². The zero-order chi connectivity index (χ0) is 51.3. The van der Waals surface area contributed by atoms with Gasteiger partial charge in [-0.1, -0.05) is 156 Å². The van der Waals surface area contributed by atoms with Gasteiger partial charge in [0.25, 0.3) is 0 Å². The molecule has 0 amide bonds. The molecule has 1 aliphatic carbocycles. The maximum atomic E-state index is 15.9. The van der Waals surface area contributed by atoms with Gasteiger partial charge in [-0.05, 0) is 169 Å². The molecule has 362 valence electrons. The van der Waals surface area contributed by atoms with Gasteiger partial charge < -0.3 is 9.13 Å². The topological polar surface area (TPSA) is 33.6 Å². The lowest BCUT2D eigenvalue weighted by molar-refractivity contribution is -0.137. The Labute approximate surface area is 434 Å². The molecule has 0 spiro atoms. The van der Waals surface area contributed by atoms with Crippen molar-refractivity contribution in [3.63, 3.8) is 0 Å². The molecular weight excluding hydrogens is 928 g/mol. The van der Waals surface area contributed by atoms with Crippen molar-refractivity contribution >= 4 is 43.6 Å². The quantitative estimate of drug-likeness (QED) is 0.149. The van der Waals surface area contributed by atoms with Crippen LogP contribution in [0.15, 0.2) is 200 Å². The summed E-state index contributed by atoms with van der Waals surface area (Å²) in [6, 6.07) is 70.3. The lowest BCUT2D eigenvalue weighted by atomic mass is 9.89. The van der Waals surface area contributed by atoms with Crippen molar-refractivity contribution in [2.45, 2.75) is 52.6 Å². The number of nitrogens with zero attached hydrogens (tertiary/aromatic N) is 3. The van der Waals surface area contributed by atoms with Crippen LogP contribution in [0.25, 0.3) is 111 Å². The third-order valence-electron chi connectivity index (χ3n) is 15.3. The molecule has 12 aromatic rings. The van der Waals surface area contributed by atoms with E-state index in [1.807, 2.05) is 18.2 Å². The molecule has 0 bridgehead atoms. The molecule has 1 saturated carbocycles. The zero-order valence-corrected chi connectivity index (χ0v) is 42.0. The smallest absolute Gasteiger partial charge is 0.309 e. The third-order valence-corrected chi connectivity index (χ3v) is 15.3. The Balaban J connectivity index is 1.14. The minimum atomic E-state index is -4.68. The zero-order valence-electron chi connectivity index (χ0n) is 42.0. The van der Waals surface area contributed by atoms with E-state index in [4.69, 9.17) is 0 Å². The molecule has 2 aromatic heterocycles. The van der Waals surface area contributed by atoms with Gasteiger partial charge in [0.05, 0.1) is 44.6 Å². The molecule has 3 nitrogen and oxygen atoms in total. The molecular formula is C69H50F3N3. The lowest BCUT2D eigenvalue weighted by Crippen LogP contribution is -2.11. The van der Waals surface area contributed by atoms with Crippen molar-refractivity contribution in [3.05, 3.63) is 239 Å². The van der Waals surface area contributed by atoms with Crippen LogP contribution < -0.4 is 0 Å². The summed E-state index contributed by atoms with van der Waals surface area (Å²) in [5.41, 5.74) is 18.2. The summed E-state index contributed by atoms with van der Waals surface area (Å²) in [7, 11) is 0. The second kappa shape index (κ2) is 17.6. The number of benzene rings is 10. The average Bonchev–Trinajstić information content (AvgIpc) is 4.17. The van der Waals surface area contributed by atoms with Gasteiger partial charge in [-0.2, -0.15) is 18.4 Å². The van der Waals surface area contributed by atoms with Crippen LogP contribution in [0.4, 0.5) is 13.2 Å². The van der Waals surface area contributed by atoms with Crippen molar-refractivity contribution in [1.82, 2.24) is 9.13 Å². The van der Waals surface area contributed by atoms with Crippen LogP contribution in [0.3, 0.4) is 0 Å². The van der Waals surface area contributed by atoms with Crippen molar-refractivity contribution in [2.24, 2.45) is 0 Å². The highest BCUT2D eigenvalue weighted by molar-refractivity contribution is 6.14. The highest BCUT2D eigenvalue weighted by atomic mass is 19.4. The minimum absolute atomic E-state index is 0.0329. The van der Waals surface area contributed by atoms with Crippen LogP contribution in [0.1, 0.15) is 57.7 Å². The Hall–Kier alpha value is -8.92. The maximum Gasteiger partial charge on any atom is 0.417 e. The number of nitriles is 1. The average molecular weight is 978 g/mol. The number of halogens is 3. The van der Waals surface area contributed by atoms with E-state index in [0.29, 0.717) is 28.1 Å². The first kappa shape index (κ1) is 45.9. The van der Waals surface area contributed by atoms with E-state index >= 15 is 13.2 Å². The summed E-state index contributed by atoms with van der Waals surface area (Å²) in [5, 5.41) is 15.4. The van der Waals surface area contributed by atoms with Crippen LogP contribution in [0.2, 0.25) is 0 Å². The second-order valence-corrected chi connectivity index (χ2v) is 20.6. The molecule has 13 rings (SSSR count). The van der Waals surface area contributed by atoms with Crippen molar-refractivity contribution < 1.29 is 13.2 Å². The van der Waals surface area contributed by atoms with Crippen molar-refractivity contribution in [1.29, 1.82) is 5.26 Å². The molecule has 0 radical (unpaired) electrons. The van der Waals surface area contributed by atoms with E-state index in [9.17, 15) is 5.26 Å². The first-order valence-electron chi connectivity index (χ1n) is 25.6. The molecule has 0 aliphatic heterocycles. The molecule has 75 heavy (non-hydrogen) atoms. The summed E-state index contributed by atoms with van der Waals surface area (Å²) in [4.78, 5) is 0. The van der Waals surface area contributed by atoms with E-state index < -0.39 is 11.7 Å². The van der Waals surface area contributed by atoms with Crippen molar-refractivity contribution in [3.8, 4) is 73.1 Å². The van der Waals surface area contributed by atoms with E-state index in [1.165, 1.54) is 6.07 Å². The summed E-state index contributed by atoms with van der Waals surface area (Å²) < 4.78 is 52.0. The molecule has 0 unspecified atom stereocenters. The Bertz CT molecular complexity index is 4160. The number of aryl methyl sites for hydroxylation is 4. The minimum Gasteiger partial charge on any atom is -0.309 e. The molecule has 0 N–H and O–H groups in total. The Morgan fingerprint density at radius 2 is 0.773 bits per heavy atom. The van der Waals surface area contributed by atoms with Gasteiger partial charge in [0, 0.05) is 27.1 Å². The molecule has 0 atom stereocenters. The SMILES string of the molecule is Cc1cccc(-c2ccc3c(c2)c2cc(-c4cccc(C)c4)ccc2n3-c2cc(-c3c(C4CC4)cccc3C(F)(F)F)c(-n3c4ccc(-c5cccc(C)c5)cc4c4cc(-c5cccc(C)c5)ccc43)cc2C#N)c1. The third kappa shape index (κ3) is 7.99. The van der Waals surface area contributed by atoms with Gasteiger partial charge in [0.15, 0.2) is 0 Å². The van der Waals surface area contributed by atoms with E-state index in [0.717, 1.165) is 123 Å². The number of rotatable bonds is 8. The van der Waals surface area contributed by atoms with Gasteiger partial charge in [-0.15, -0.1) is 0 Å². The van der Waals surface area contributed by atoms with Crippen molar-refractivity contribution in [2.75, 3.05) is 0 Å². The number of hydrogen-bond acceptors (Lipinski definition) is 1. The van der Waals surface area contributed by atoms with E-state index in [-0.39, 0.29) is 11.5 Å². The normalized spacial score (nSPS) is 12.8. The first-order chi connectivity index (χ1) is 36.4. The monoisotopic (exact) mass is 977 g/mol. The highest BCUT2D eigenvalue weighted by Crippen LogP contribution is 2.52. The lowest BCUT2D eigenvalue weighted by Gasteiger charge is -2.23. The fraction of sp³-hybridized carbons (Fsp3) is 0.116. The van der Waals surface area contributed by atoms with Crippen LogP contribution in [-0.4, -0.2) is 9.13 Å². The van der Waals surface area contributed by atoms with Gasteiger partial charge in [-0.3, -0.25) is 0 Å². The Kier molecular flexibility index (Phi) is 10.8. The number of alkyl halides is 3. The van der Waals surface area contributed by atoms with E-state index in [2.05, 4.69) is 213 Å². The number of hydrogen-bond donors (Lipinski definition) is 0. The molecule has 1 aliphatic rings. The number of fused-ring (bicyclic) bond motifs is 6. The van der Waals surface area contributed by atoms with Gasteiger partial charge >= 0.3 is 6.18 Å². The molecule has 1 fully saturated rings. The molecule has 2 heterocycles. The molecule has 10 aromatic carbocycles. The number of aromatic nitrogens is 2. The fourth-order valence-electron chi connectivity index (χ4n) is 11.7. The summed E-state index contributed by atoms with van der Waals surface area (Å²) in [6.07, 6.45) is -3.08. The predicted octanol–water partition coefficient (Wildman–Crippen LogP) is 19.2. The largest absolute Gasteiger partial charge is 0.417 e.